The Labute approximate surface area is 114 Å². The number of aliphatic hydroxyl groups is 1. The van der Waals surface area contributed by atoms with Crippen LogP contribution in [-0.4, -0.2) is 17.8 Å². The van der Waals surface area contributed by atoms with Gasteiger partial charge in [0.1, 0.15) is 5.82 Å². The molecule has 2 rings (SSSR count). The van der Waals surface area contributed by atoms with Gasteiger partial charge >= 0.3 is 0 Å². The summed E-state index contributed by atoms with van der Waals surface area (Å²) in [6.45, 7) is 4.64. The molecule has 0 heterocycles. The van der Waals surface area contributed by atoms with Crippen molar-refractivity contribution in [3.63, 3.8) is 0 Å². The molecule has 3 unspecified atom stereocenters. The van der Waals surface area contributed by atoms with E-state index in [1.165, 1.54) is 6.07 Å². The zero-order valence-electron chi connectivity index (χ0n) is 11.8. The van der Waals surface area contributed by atoms with E-state index < -0.39 is 6.10 Å². The average molecular weight is 265 g/mol. The Hall–Kier alpha value is -0.930. The summed E-state index contributed by atoms with van der Waals surface area (Å²) < 4.78 is 13.9. The standard InChI is InChI=1S/C16H24FNO/c1-16(2)9-5-7-13(16)15(19)12(10-18)11-6-3-4-8-14(11)17/h3-4,6,8,12-13,15,19H,5,7,9-10,18H2,1-2H3. The molecule has 3 N–H and O–H groups in total. The van der Waals surface area contributed by atoms with Gasteiger partial charge in [0.15, 0.2) is 0 Å². The number of benzene rings is 1. The number of halogens is 1. The highest BCUT2D eigenvalue weighted by atomic mass is 19.1. The fourth-order valence-electron chi connectivity index (χ4n) is 3.49. The first-order valence-electron chi connectivity index (χ1n) is 7.10. The number of nitrogens with two attached hydrogens (primary N) is 1. The lowest BCUT2D eigenvalue weighted by molar-refractivity contribution is 0.0337. The van der Waals surface area contributed by atoms with Crippen molar-refractivity contribution in [1.29, 1.82) is 0 Å². The third kappa shape index (κ3) is 2.82. The van der Waals surface area contributed by atoms with Crippen LogP contribution in [0.4, 0.5) is 4.39 Å². The van der Waals surface area contributed by atoms with E-state index in [0.717, 1.165) is 19.3 Å². The molecule has 0 spiro atoms. The van der Waals surface area contributed by atoms with Gasteiger partial charge in [0.05, 0.1) is 6.10 Å². The Kier molecular flexibility index (Phi) is 4.26. The molecule has 106 valence electrons. The second kappa shape index (κ2) is 5.59. The van der Waals surface area contributed by atoms with E-state index in [0.29, 0.717) is 5.56 Å². The molecule has 1 aromatic carbocycles. The molecular formula is C16H24FNO. The molecule has 1 aliphatic carbocycles. The van der Waals surface area contributed by atoms with E-state index in [2.05, 4.69) is 13.8 Å². The zero-order valence-corrected chi connectivity index (χ0v) is 11.8. The van der Waals surface area contributed by atoms with Crippen LogP contribution in [0.2, 0.25) is 0 Å². The van der Waals surface area contributed by atoms with Crippen molar-refractivity contribution in [3.8, 4) is 0 Å². The number of hydrogen-bond acceptors (Lipinski definition) is 2. The van der Waals surface area contributed by atoms with Gasteiger partial charge in [0.2, 0.25) is 0 Å². The minimum Gasteiger partial charge on any atom is -0.392 e. The zero-order chi connectivity index (χ0) is 14.0. The van der Waals surface area contributed by atoms with Crippen LogP contribution in [0.15, 0.2) is 24.3 Å². The molecule has 1 saturated carbocycles. The van der Waals surface area contributed by atoms with Crippen molar-refractivity contribution >= 4 is 0 Å². The van der Waals surface area contributed by atoms with Gasteiger partial charge in [-0.15, -0.1) is 0 Å². The second-order valence-corrected chi connectivity index (χ2v) is 6.34. The normalized spacial score (nSPS) is 25.2. The van der Waals surface area contributed by atoms with Crippen LogP contribution in [0.1, 0.15) is 44.6 Å². The second-order valence-electron chi connectivity index (χ2n) is 6.34. The summed E-state index contributed by atoms with van der Waals surface area (Å²) in [5.41, 5.74) is 6.46. The maximum absolute atomic E-state index is 13.9. The molecule has 3 atom stereocenters. The summed E-state index contributed by atoms with van der Waals surface area (Å²) in [5, 5.41) is 10.7. The third-order valence-corrected chi connectivity index (χ3v) is 4.72. The van der Waals surface area contributed by atoms with E-state index in [4.69, 9.17) is 5.73 Å². The predicted molar refractivity (Wildman–Crippen MR) is 75.3 cm³/mol. The molecule has 1 aliphatic rings. The van der Waals surface area contributed by atoms with Crippen LogP contribution in [0.25, 0.3) is 0 Å². The fraction of sp³-hybridized carbons (Fsp3) is 0.625. The van der Waals surface area contributed by atoms with Crippen LogP contribution in [0.3, 0.4) is 0 Å². The molecule has 19 heavy (non-hydrogen) atoms. The fourth-order valence-corrected chi connectivity index (χ4v) is 3.49. The van der Waals surface area contributed by atoms with Crippen LogP contribution >= 0.6 is 0 Å². The summed E-state index contributed by atoms with van der Waals surface area (Å²) in [6.07, 6.45) is 2.67. The average Bonchev–Trinajstić information content (AvgIpc) is 2.72. The van der Waals surface area contributed by atoms with Gasteiger partial charge in [-0.2, -0.15) is 0 Å². The highest BCUT2D eigenvalue weighted by Gasteiger charge is 2.42. The lowest BCUT2D eigenvalue weighted by Gasteiger charge is -2.35. The molecule has 2 nitrogen and oxygen atoms in total. The first-order valence-corrected chi connectivity index (χ1v) is 7.10. The Balaban J connectivity index is 2.25. The largest absolute Gasteiger partial charge is 0.392 e. The summed E-state index contributed by atoms with van der Waals surface area (Å²) in [5.74, 6) is -0.392. The van der Waals surface area contributed by atoms with Crippen molar-refractivity contribution in [3.05, 3.63) is 35.6 Å². The number of rotatable bonds is 4. The summed E-state index contributed by atoms with van der Waals surface area (Å²) in [6, 6.07) is 6.63. The Morgan fingerprint density at radius 3 is 2.63 bits per heavy atom. The molecule has 1 aromatic rings. The minimum absolute atomic E-state index is 0.109. The van der Waals surface area contributed by atoms with Crippen LogP contribution in [-0.2, 0) is 0 Å². The van der Waals surface area contributed by atoms with Crippen molar-refractivity contribution < 1.29 is 9.50 Å². The molecule has 0 aliphatic heterocycles. The Bertz CT molecular complexity index is 433. The van der Waals surface area contributed by atoms with E-state index in [1.54, 1.807) is 18.2 Å². The Morgan fingerprint density at radius 1 is 1.42 bits per heavy atom. The van der Waals surface area contributed by atoms with Crippen LogP contribution in [0.5, 0.6) is 0 Å². The molecule has 0 aromatic heterocycles. The smallest absolute Gasteiger partial charge is 0.126 e. The maximum Gasteiger partial charge on any atom is 0.126 e. The summed E-state index contributed by atoms with van der Waals surface area (Å²) >= 11 is 0. The SMILES string of the molecule is CC1(C)CCCC1C(O)C(CN)c1ccccc1F. The summed E-state index contributed by atoms with van der Waals surface area (Å²) in [7, 11) is 0. The Morgan fingerprint density at radius 2 is 2.11 bits per heavy atom. The van der Waals surface area contributed by atoms with Gasteiger partial charge in [0, 0.05) is 12.5 Å². The minimum atomic E-state index is -0.570. The van der Waals surface area contributed by atoms with E-state index in [-0.39, 0.29) is 29.6 Å². The molecule has 0 saturated heterocycles. The first kappa shape index (κ1) is 14.5. The van der Waals surface area contributed by atoms with Crippen molar-refractivity contribution in [2.45, 2.75) is 45.1 Å². The molecular weight excluding hydrogens is 241 g/mol. The van der Waals surface area contributed by atoms with Gasteiger partial charge in [0.25, 0.3) is 0 Å². The topological polar surface area (TPSA) is 46.2 Å². The van der Waals surface area contributed by atoms with Crippen molar-refractivity contribution in [2.24, 2.45) is 17.1 Å². The van der Waals surface area contributed by atoms with Crippen molar-refractivity contribution in [2.75, 3.05) is 6.54 Å². The highest BCUT2D eigenvalue weighted by molar-refractivity contribution is 5.24. The van der Waals surface area contributed by atoms with E-state index in [1.807, 2.05) is 0 Å². The van der Waals surface area contributed by atoms with Gasteiger partial charge in [-0.3, -0.25) is 0 Å². The number of aliphatic hydroxyl groups excluding tert-OH is 1. The lowest BCUT2D eigenvalue weighted by Crippen LogP contribution is -2.37. The van der Waals surface area contributed by atoms with E-state index in [9.17, 15) is 9.50 Å². The van der Waals surface area contributed by atoms with Gasteiger partial charge < -0.3 is 10.8 Å². The van der Waals surface area contributed by atoms with E-state index >= 15 is 0 Å². The van der Waals surface area contributed by atoms with Crippen molar-refractivity contribution in [1.82, 2.24) is 0 Å². The third-order valence-electron chi connectivity index (χ3n) is 4.72. The van der Waals surface area contributed by atoms with Gasteiger partial charge in [-0.05, 0) is 35.8 Å². The maximum atomic E-state index is 13.9. The molecule has 0 amide bonds. The molecule has 0 radical (unpaired) electrons. The highest BCUT2D eigenvalue weighted by Crippen LogP contribution is 2.47. The predicted octanol–water partition coefficient (Wildman–Crippen LogP) is 3.06. The lowest BCUT2D eigenvalue weighted by atomic mass is 9.73. The molecule has 0 bridgehead atoms. The van der Waals surface area contributed by atoms with Crippen LogP contribution < -0.4 is 5.73 Å². The quantitative estimate of drug-likeness (QED) is 0.879. The molecule has 3 heteroatoms. The summed E-state index contributed by atoms with van der Waals surface area (Å²) in [4.78, 5) is 0. The van der Waals surface area contributed by atoms with Gasteiger partial charge in [-0.25, -0.2) is 4.39 Å². The first-order chi connectivity index (χ1) is 8.97. The van der Waals surface area contributed by atoms with Gasteiger partial charge in [-0.1, -0.05) is 38.5 Å². The monoisotopic (exact) mass is 265 g/mol. The number of hydrogen-bond donors (Lipinski definition) is 2. The molecule has 1 fully saturated rings. The van der Waals surface area contributed by atoms with Crippen LogP contribution in [0, 0.1) is 17.2 Å².